The van der Waals surface area contributed by atoms with Crippen molar-refractivity contribution in [2.75, 3.05) is 19.2 Å². The second-order valence-corrected chi connectivity index (χ2v) is 5.76. The molecule has 1 aromatic carbocycles. The maximum Gasteiger partial charge on any atom is 0.273 e. The fourth-order valence-electron chi connectivity index (χ4n) is 0.971. The number of nitro benzene ring substituents is 1. The molecule has 0 aliphatic heterocycles. The monoisotopic (exact) mass is 389 g/mol. The van der Waals surface area contributed by atoms with Gasteiger partial charge in [0.15, 0.2) is 6.79 Å². The Morgan fingerprint density at radius 1 is 1.53 bits per heavy atom. The van der Waals surface area contributed by atoms with Gasteiger partial charge < -0.3 is 9.47 Å². The topological polar surface area (TPSA) is 61.6 Å². The Morgan fingerprint density at radius 2 is 2.29 bits per heavy atom. The summed E-state index contributed by atoms with van der Waals surface area (Å²) in [6.45, 7) is 0.582. The van der Waals surface area contributed by atoms with Crippen LogP contribution in [0.25, 0.3) is 0 Å². The van der Waals surface area contributed by atoms with Gasteiger partial charge in [-0.15, -0.1) is 0 Å². The SMILES string of the molecule is O=[N+]([O-])c1ccc(Cl)c(OCOCCSI)c1. The quantitative estimate of drug-likeness (QED) is 0.234. The summed E-state index contributed by atoms with van der Waals surface area (Å²) in [6, 6.07) is 4.03. The van der Waals surface area contributed by atoms with Crippen LogP contribution in [-0.2, 0) is 4.74 Å². The van der Waals surface area contributed by atoms with Crippen LogP contribution in [0.4, 0.5) is 5.69 Å². The van der Waals surface area contributed by atoms with E-state index in [2.05, 4.69) is 21.2 Å². The van der Waals surface area contributed by atoms with Gasteiger partial charge in [-0.25, -0.2) is 0 Å². The van der Waals surface area contributed by atoms with Gasteiger partial charge in [0, 0.05) is 11.8 Å². The minimum atomic E-state index is -0.503. The van der Waals surface area contributed by atoms with E-state index in [0.29, 0.717) is 11.6 Å². The number of nitro groups is 1. The molecule has 0 unspecified atom stereocenters. The van der Waals surface area contributed by atoms with Crippen molar-refractivity contribution in [3.63, 3.8) is 0 Å². The molecule has 0 heterocycles. The number of nitrogens with zero attached hydrogens (tertiary/aromatic N) is 1. The minimum absolute atomic E-state index is 0.0259. The average molecular weight is 390 g/mol. The second kappa shape index (κ2) is 7.96. The van der Waals surface area contributed by atoms with E-state index in [9.17, 15) is 10.1 Å². The van der Waals surface area contributed by atoms with Crippen molar-refractivity contribution in [1.29, 1.82) is 0 Å². The zero-order chi connectivity index (χ0) is 12.7. The van der Waals surface area contributed by atoms with Crippen molar-refractivity contribution < 1.29 is 14.4 Å². The maximum atomic E-state index is 10.6. The highest BCUT2D eigenvalue weighted by molar-refractivity contribution is 14.2. The first kappa shape index (κ1) is 14.8. The van der Waals surface area contributed by atoms with Crippen LogP contribution < -0.4 is 4.74 Å². The van der Waals surface area contributed by atoms with E-state index in [-0.39, 0.29) is 18.2 Å². The van der Waals surface area contributed by atoms with Gasteiger partial charge in [0.1, 0.15) is 5.75 Å². The molecule has 0 spiro atoms. The van der Waals surface area contributed by atoms with Gasteiger partial charge >= 0.3 is 0 Å². The first-order chi connectivity index (χ1) is 8.15. The van der Waals surface area contributed by atoms with Crippen LogP contribution in [0.2, 0.25) is 5.02 Å². The lowest BCUT2D eigenvalue weighted by molar-refractivity contribution is -0.384. The van der Waals surface area contributed by atoms with Gasteiger partial charge in [0.25, 0.3) is 5.69 Å². The normalized spacial score (nSPS) is 10.2. The zero-order valence-corrected chi connectivity index (χ0v) is 12.3. The molecule has 8 heteroatoms. The van der Waals surface area contributed by atoms with Gasteiger partial charge in [0.2, 0.25) is 0 Å². The van der Waals surface area contributed by atoms with E-state index >= 15 is 0 Å². The number of rotatable bonds is 7. The fraction of sp³-hybridized carbons (Fsp3) is 0.333. The molecule has 0 fully saturated rings. The molecule has 94 valence electrons. The average Bonchev–Trinajstić information content (AvgIpc) is 2.30. The smallest absolute Gasteiger partial charge is 0.273 e. The van der Waals surface area contributed by atoms with Crippen LogP contribution >= 0.6 is 41.7 Å². The lowest BCUT2D eigenvalue weighted by Gasteiger charge is -2.07. The van der Waals surface area contributed by atoms with Crippen molar-refractivity contribution in [2.45, 2.75) is 0 Å². The van der Waals surface area contributed by atoms with Crippen LogP contribution in [0.15, 0.2) is 18.2 Å². The maximum absolute atomic E-state index is 10.6. The summed E-state index contributed by atoms with van der Waals surface area (Å²) in [6.07, 6.45) is 0. The highest BCUT2D eigenvalue weighted by Gasteiger charge is 2.10. The van der Waals surface area contributed by atoms with E-state index < -0.39 is 4.92 Å². The number of hydrogen-bond acceptors (Lipinski definition) is 5. The standard InChI is InChI=1S/C9H9ClINO4S/c10-8-2-1-7(12(13)14)5-9(8)16-6-15-3-4-17-11/h1-2,5H,3-4,6H2. The third-order valence-electron chi connectivity index (χ3n) is 1.73. The Morgan fingerprint density at radius 3 is 2.94 bits per heavy atom. The molecular formula is C9H9ClINO4S. The van der Waals surface area contributed by atoms with E-state index in [0.717, 1.165) is 5.75 Å². The highest BCUT2D eigenvalue weighted by Crippen LogP contribution is 2.28. The summed E-state index contributed by atoms with van der Waals surface area (Å²) >= 11 is 8.00. The van der Waals surface area contributed by atoms with Gasteiger partial charge in [-0.1, -0.05) is 20.5 Å². The third-order valence-corrected chi connectivity index (χ3v) is 3.68. The number of ether oxygens (including phenoxy) is 2. The Bertz CT molecular complexity index is 393. The molecule has 0 radical (unpaired) electrons. The molecular weight excluding hydrogens is 381 g/mol. The predicted molar refractivity (Wildman–Crippen MR) is 76.0 cm³/mol. The van der Waals surface area contributed by atoms with Gasteiger partial charge in [-0.05, 0) is 27.3 Å². The summed E-state index contributed by atoms with van der Waals surface area (Å²) in [5.74, 6) is 1.11. The summed E-state index contributed by atoms with van der Waals surface area (Å²) in [7, 11) is 1.63. The van der Waals surface area contributed by atoms with E-state index in [1.165, 1.54) is 18.2 Å². The third kappa shape index (κ3) is 5.28. The van der Waals surface area contributed by atoms with Crippen LogP contribution in [0, 0.1) is 10.1 Å². The lowest BCUT2D eigenvalue weighted by atomic mass is 10.3. The lowest BCUT2D eigenvalue weighted by Crippen LogP contribution is -2.05. The van der Waals surface area contributed by atoms with E-state index in [4.69, 9.17) is 21.1 Å². The highest BCUT2D eigenvalue weighted by atomic mass is 127. The molecule has 0 amide bonds. The summed E-state index contributed by atoms with van der Waals surface area (Å²) in [4.78, 5) is 10.0. The van der Waals surface area contributed by atoms with Crippen molar-refractivity contribution in [3.8, 4) is 5.75 Å². The molecule has 0 aromatic heterocycles. The molecule has 0 N–H and O–H groups in total. The molecule has 0 atom stereocenters. The number of hydrogen-bond donors (Lipinski definition) is 0. The molecule has 5 nitrogen and oxygen atoms in total. The Kier molecular flexibility index (Phi) is 6.93. The Labute approximate surface area is 120 Å². The van der Waals surface area contributed by atoms with Crippen molar-refractivity contribution in [1.82, 2.24) is 0 Å². The van der Waals surface area contributed by atoms with E-state index in [1.54, 1.807) is 8.93 Å². The number of halogens is 2. The first-order valence-electron chi connectivity index (χ1n) is 4.53. The molecule has 1 aromatic rings. The van der Waals surface area contributed by atoms with Gasteiger partial charge in [-0.2, -0.15) is 0 Å². The molecule has 0 saturated carbocycles. The fourth-order valence-corrected chi connectivity index (χ4v) is 1.86. The van der Waals surface area contributed by atoms with Crippen LogP contribution in [0.3, 0.4) is 0 Å². The molecule has 0 bridgehead atoms. The first-order valence-corrected chi connectivity index (χ1v) is 8.44. The largest absolute Gasteiger partial charge is 0.466 e. The van der Waals surface area contributed by atoms with Crippen molar-refractivity contribution >= 4 is 47.4 Å². The Balaban J connectivity index is 2.51. The summed E-state index contributed by atoms with van der Waals surface area (Å²) in [5.41, 5.74) is -0.0628. The van der Waals surface area contributed by atoms with Crippen LogP contribution in [0.1, 0.15) is 0 Å². The van der Waals surface area contributed by atoms with Crippen LogP contribution in [0.5, 0.6) is 5.75 Å². The molecule has 17 heavy (non-hydrogen) atoms. The van der Waals surface area contributed by atoms with Crippen molar-refractivity contribution in [3.05, 3.63) is 33.3 Å². The summed E-state index contributed by atoms with van der Waals surface area (Å²) < 4.78 is 10.4. The number of non-ortho nitro benzene ring substituents is 1. The zero-order valence-electron chi connectivity index (χ0n) is 8.60. The molecule has 0 aliphatic rings. The van der Waals surface area contributed by atoms with Crippen LogP contribution in [-0.4, -0.2) is 24.1 Å². The number of benzene rings is 1. The molecule has 0 aliphatic carbocycles. The molecule has 1 rings (SSSR count). The second-order valence-electron chi connectivity index (χ2n) is 2.86. The van der Waals surface area contributed by atoms with E-state index in [1.807, 2.05) is 0 Å². The Hall–Kier alpha value is -0.250. The molecule has 0 saturated heterocycles. The van der Waals surface area contributed by atoms with Gasteiger partial charge in [-0.3, -0.25) is 10.1 Å². The predicted octanol–water partition coefficient (Wildman–Crippen LogP) is 3.68. The summed E-state index contributed by atoms with van der Waals surface area (Å²) in [5, 5.41) is 10.9. The minimum Gasteiger partial charge on any atom is -0.466 e. The van der Waals surface area contributed by atoms with Gasteiger partial charge in [0.05, 0.1) is 22.6 Å². The van der Waals surface area contributed by atoms with Crippen molar-refractivity contribution in [2.24, 2.45) is 0 Å².